The topological polar surface area (TPSA) is 86.5 Å². The Balaban J connectivity index is 2.46. The fourth-order valence-corrected chi connectivity index (χ4v) is 0.530. The molecule has 0 N–H and O–H groups in total. The van der Waals surface area contributed by atoms with Crippen LogP contribution in [0, 0.1) is 0 Å². The molecular weight excluding hydrogens is 134 g/mol. The first-order valence-corrected chi connectivity index (χ1v) is 2.47. The third kappa shape index (κ3) is 0.642. The average Bonchev–Trinajstić information content (AvgIpc) is 2.59. The minimum Gasteiger partial charge on any atom is -0.136 e. The molecule has 7 nitrogen and oxygen atoms in total. The molecule has 0 atom stereocenters. The second-order valence-corrected chi connectivity index (χ2v) is 1.52. The second kappa shape index (κ2) is 1.87. The van der Waals surface area contributed by atoms with Crippen LogP contribution < -0.4 is 0 Å². The van der Waals surface area contributed by atoms with Crippen molar-refractivity contribution in [3.63, 3.8) is 0 Å². The van der Waals surface area contributed by atoms with Gasteiger partial charge in [-0.1, -0.05) is 0 Å². The Morgan fingerprint density at radius 3 is 2.30 bits per heavy atom. The van der Waals surface area contributed by atoms with Crippen LogP contribution >= 0.6 is 0 Å². The summed E-state index contributed by atoms with van der Waals surface area (Å²) in [7, 11) is 0. The molecule has 0 saturated carbocycles. The molecule has 0 bridgehead atoms. The predicted molar refractivity (Wildman–Crippen MR) is 30.1 cm³/mol. The van der Waals surface area contributed by atoms with Gasteiger partial charge in [0.05, 0.1) is 6.21 Å². The lowest BCUT2D eigenvalue weighted by Crippen LogP contribution is -1.78. The van der Waals surface area contributed by atoms with E-state index in [0.29, 0.717) is 11.5 Å². The van der Waals surface area contributed by atoms with Crippen LogP contribution in [0.5, 0.6) is 0 Å². The summed E-state index contributed by atoms with van der Waals surface area (Å²) in [5, 5.41) is 24.0. The van der Waals surface area contributed by atoms with Gasteiger partial charge in [0.25, 0.3) is 0 Å². The van der Waals surface area contributed by atoms with Crippen molar-refractivity contribution in [2.24, 2.45) is 36.1 Å². The van der Waals surface area contributed by atoms with Crippen LogP contribution in [0.3, 0.4) is 0 Å². The van der Waals surface area contributed by atoms with Gasteiger partial charge in [0, 0.05) is 0 Å². The Morgan fingerprint density at radius 2 is 1.70 bits per heavy atom. The van der Waals surface area contributed by atoms with Crippen LogP contribution in [0.15, 0.2) is 47.6 Å². The third-order valence-electron chi connectivity index (χ3n) is 0.932. The maximum Gasteiger partial charge on any atom is 0.229 e. The molecule has 0 aromatic rings. The van der Waals surface area contributed by atoms with Crippen molar-refractivity contribution in [3.05, 3.63) is 11.5 Å². The van der Waals surface area contributed by atoms with Crippen LogP contribution in [-0.2, 0) is 0 Å². The highest BCUT2D eigenvalue weighted by atomic mass is 15.6. The largest absolute Gasteiger partial charge is 0.229 e. The van der Waals surface area contributed by atoms with Gasteiger partial charge in [-0.3, -0.25) is 0 Å². The van der Waals surface area contributed by atoms with Crippen molar-refractivity contribution in [2.45, 2.75) is 0 Å². The van der Waals surface area contributed by atoms with Gasteiger partial charge in [0.2, 0.25) is 5.82 Å². The van der Waals surface area contributed by atoms with E-state index >= 15 is 0 Å². The van der Waals surface area contributed by atoms with E-state index < -0.39 is 0 Å². The minimum absolute atomic E-state index is 0.352. The molecule has 10 heavy (non-hydrogen) atoms. The number of allylic oxidation sites excluding steroid dienone is 1. The molecule has 2 aliphatic rings. The highest BCUT2D eigenvalue weighted by Gasteiger charge is 2.08. The fraction of sp³-hybridized carbons (Fsp3) is 0. The molecule has 2 aliphatic heterocycles. The molecular formula is C3HN7. The normalized spacial score (nSPS) is 20.0. The van der Waals surface area contributed by atoms with Crippen LogP contribution in [0.1, 0.15) is 0 Å². The van der Waals surface area contributed by atoms with Gasteiger partial charge in [-0.15, -0.1) is 20.4 Å². The summed E-state index contributed by atoms with van der Waals surface area (Å²) in [5.74, 6) is 0.352. The zero-order valence-corrected chi connectivity index (χ0v) is 4.71. The molecule has 0 aromatic carbocycles. The molecule has 7 heteroatoms. The Labute approximate surface area is 54.9 Å². The van der Waals surface area contributed by atoms with Crippen LogP contribution in [0.2, 0.25) is 0 Å². The Bertz CT molecular complexity index is 234. The summed E-state index contributed by atoms with van der Waals surface area (Å²) in [6, 6.07) is 0. The van der Waals surface area contributed by atoms with Gasteiger partial charge in [0.15, 0.2) is 5.70 Å². The Kier molecular flexibility index (Phi) is 0.938. The summed E-state index contributed by atoms with van der Waals surface area (Å²) in [6.07, 6.45) is 1.44. The first kappa shape index (κ1) is 5.03. The van der Waals surface area contributed by atoms with Crippen LogP contribution in [-0.4, -0.2) is 6.21 Å². The summed E-state index contributed by atoms with van der Waals surface area (Å²) < 4.78 is 0. The number of rotatable bonds is 0. The summed E-state index contributed by atoms with van der Waals surface area (Å²) in [6.45, 7) is 0. The zero-order chi connectivity index (χ0) is 6.81. The van der Waals surface area contributed by atoms with Gasteiger partial charge in [0.1, 0.15) is 0 Å². The summed E-state index contributed by atoms with van der Waals surface area (Å²) in [5.41, 5.74) is 0.491. The molecule has 0 radical (unpaired) electrons. The molecule has 0 fully saturated rings. The van der Waals surface area contributed by atoms with Crippen molar-refractivity contribution in [1.29, 1.82) is 0 Å². The predicted octanol–water partition coefficient (Wildman–Crippen LogP) is 1.44. The van der Waals surface area contributed by atoms with Gasteiger partial charge >= 0.3 is 0 Å². The molecule has 0 saturated heterocycles. The quantitative estimate of drug-likeness (QED) is 0.481. The van der Waals surface area contributed by atoms with Crippen molar-refractivity contribution >= 4 is 6.21 Å². The lowest BCUT2D eigenvalue weighted by Gasteiger charge is -1.80. The highest BCUT2D eigenvalue weighted by molar-refractivity contribution is 5.79. The standard InChI is InChI=1S/C3HN7/c1-2(5-8-4-1)3-6-9-10-7-3/h1H. The third-order valence-corrected chi connectivity index (χ3v) is 0.932. The van der Waals surface area contributed by atoms with Gasteiger partial charge < -0.3 is 0 Å². The highest BCUT2D eigenvalue weighted by Crippen LogP contribution is 2.16. The van der Waals surface area contributed by atoms with Crippen LogP contribution in [0.25, 0.3) is 0 Å². The molecule has 0 spiro atoms. The van der Waals surface area contributed by atoms with Crippen LogP contribution in [0.4, 0.5) is 0 Å². The lowest BCUT2D eigenvalue weighted by atomic mass is 10.5. The average molecular weight is 135 g/mol. The van der Waals surface area contributed by atoms with Crippen molar-refractivity contribution < 1.29 is 0 Å². The Morgan fingerprint density at radius 1 is 0.900 bits per heavy atom. The first-order chi connectivity index (χ1) is 4.97. The van der Waals surface area contributed by atoms with Crippen molar-refractivity contribution in [1.82, 2.24) is 0 Å². The van der Waals surface area contributed by atoms with E-state index in [1.807, 2.05) is 0 Å². The summed E-state index contributed by atoms with van der Waals surface area (Å²) in [4.78, 5) is 0. The molecule has 0 aromatic heterocycles. The SMILES string of the molecule is C1=NN=NC1=C1N=NN=N1. The summed E-state index contributed by atoms with van der Waals surface area (Å²) >= 11 is 0. The van der Waals surface area contributed by atoms with E-state index in [-0.39, 0.29) is 0 Å². The minimum atomic E-state index is 0.352. The monoisotopic (exact) mass is 135 g/mol. The maximum absolute atomic E-state index is 3.59. The molecule has 0 unspecified atom stereocenters. The number of hydrogen-bond acceptors (Lipinski definition) is 7. The smallest absolute Gasteiger partial charge is 0.136 e. The molecule has 48 valence electrons. The first-order valence-electron chi connectivity index (χ1n) is 2.47. The van der Waals surface area contributed by atoms with E-state index in [9.17, 15) is 0 Å². The van der Waals surface area contributed by atoms with Crippen molar-refractivity contribution in [2.75, 3.05) is 0 Å². The molecule has 0 amide bonds. The number of hydrogen-bond donors (Lipinski definition) is 0. The maximum atomic E-state index is 3.59. The van der Waals surface area contributed by atoms with Gasteiger partial charge in [-0.05, 0) is 15.7 Å². The molecule has 2 heterocycles. The lowest BCUT2D eigenvalue weighted by molar-refractivity contribution is 1.06. The molecule has 0 aliphatic carbocycles. The van der Waals surface area contributed by atoms with Gasteiger partial charge in [-0.2, -0.15) is 0 Å². The second-order valence-electron chi connectivity index (χ2n) is 1.52. The van der Waals surface area contributed by atoms with E-state index in [1.54, 1.807) is 0 Å². The van der Waals surface area contributed by atoms with Gasteiger partial charge in [-0.25, -0.2) is 0 Å². The number of nitrogens with zero attached hydrogens (tertiary/aromatic N) is 7. The van der Waals surface area contributed by atoms with E-state index in [4.69, 9.17) is 0 Å². The van der Waals surface area contributed by atoms with E-state index in [2.05, 4.69) is 36.1 Å². The van der Waals surface area contributed by atoms with Crippen molar-refractivity contribution in [3.8, 4) is 0 Å². The fourth-order valence-electron chi connectivity index (χ4n) is 0.530. The zero-order valence-electron chi connectivity index (χ0n) is 4.71. The Hall–Kier alpha value is -1.79. The van der Waals surface area contributed by atoms with E-state index in [0.717, 1.165) is 0 Å². The van der Waals surface area contributed by atoms with E-state index in [1.165, 1.54) is 6.21 Å². The molecule has 2 rings (SSSR count).